The van der Waals surface area contributed by atoms with Crippen LogP contribution in [0, 0.1) is 5.92 Å². The van der Waals surface area contributed by atoms with Crippen LogP contribution in [0.15, 0.2) is 22.2 Å². The molecule has 0 aliphatic carbocycles. The Balaban J connectivity index is 1.61. The number of likely N-dealkylation sites (tertiary alicyclic amines) is 1. The first-order valence-corrected chi connectivity index (χ1v) is 10.7. The van der Waals surface area contributed by atoms with Crippen molar-refractivity contribution in [1.82, 2.24) is 14.7 Å². The zero-order valence-electron chi connectivity index (χ0n) is 15.4. The number of aliphatic imine (C=N–C) groups is 1. The number of aromatic nitrogens is 2. The number of rotatable bonds is 6. The predicted molar refractivity (Wildman–Crippen MR) is 99.5 cm³/mol. The van der Waals surface area contributed by atoms with Gasteiger partial charge in [0.2, 0.25) is 5.91 Å². The summed E-state index contributed by atoms with van der Waals surface area (Å²) in [6.45, 7) is 0.158. The molecule has 12 heteroatoms. The van der Waals surface area contributed by atoms with Crippen molar-refractivity contribution in [2.75, 3.05) is 19.3 Å². The molecule has 7 nitrogen and oxygen atoms in total. The number of carboxylic acid groups (broad SMARTS) is 1. The molecule has 1 amide bonds. The lowest BCUT2D eigenvalue weighted by atomic mass is 9.97. The zero-order valence-corrected chi connectivity index (χ0v) is 16.3. The van der Waals surface area contributed by atoms with Gasteiger partial charge in [0, 0.05) is 19.0 Å². The van der Waals surface area contributed by atoms with Crippen molar-refractivity contribution < 1.29 is 32.3 Å². The summed E-state index contributed by atoms with van der Waals surface area (Å²) in [5.41, 5.74) is -1.46. The third kappa shape index (κ3) is 4.62. The largest absolute Gasteiger partial charge is 0.476 e. The second kappa shape index (κ2) is 8.56. The van der Waals surface area contributed by atoms with Gasteiger partial charge in [-0.25, -0.2) is 27.3 Å². The lowest BCUT2D eigenvalue weighted by molar-refractivity contribution is -0.133. The van der Waals surface area contributed by atoms with Crippen LogP contribution in [-0.4, -0.2) is 56.1 Å². The molecule has 2 aliphatic heterocycles. The Hall–Kier alpha value is -2.37. The van der Waals surface area contributed by atoms with Crippen LogP contribution >= 0.6 is 10.9 Å². The summed E-state index contributed by atoms with van der Waals surface area (Å²) in [5, 5.41) is 15.0. The maximum atomic E-state index is 13.1. The highest BCUT2D eigenvalue weighted by molar-refractivity contribution is 8.32. The fourth-order valence-electron chi connectivity index (χ4n) is 3.44. The van der Waals surface area contributed by atoms with Crippen molar-refractivity contribution in [3.63, 3.8) is 0 Å². The van der Waals surface area contributed by atoms with Gasteiger partial charge in [-0.2, -0.15) is 16.0 Å². The van der Waals surface area contributed by atoms with E-state index >= 15 is 0 Å². The minimum absolute atomic E-state index is 0.0418. The molecule has 0 bridgehead atoms. The van der Waals surface area contributed by atoms with E-state index in [-0.39, 0.29) is 11.6 Å². The molecule has 0 aromatic carbocycles. The molecule has 1 aromatic rings. The number of carbonyl (C=O) groups is 2. The molecule has 3 heterocycles. The molecule has 1 atom stereocenters. The number of carboxylic acids is 1. The Morgan fingerprint density at radius 3 is 2.41 bits per heavy atom. The van der Waals surface area contributed by atoms with Crippen LogP contribution < -0.4 is 0 Å². The van der Waals surface area contributed by atoms with Gasteiger partial charge in [-0.15, -0.1) is 0 Å². The summed E-state index contributed by atoms with van der Waals surface area (Å²) in [5.74, 6) is -1.50. The number of hydrogen-bond donors (Lipinski definition) is 2. The minimum Gasteiger partial charge on any atom is -0.476 e. The Labute approximate surface area is 166 Å². The number of amides is 1. The topological polar surface area (TPSA) is 87.8 Å². The maximum Gasteiger partial charge on any atom is 0.354 e. The zero-order chi connectivity index (χ0) is 21.3. The highest BCUT2D eigenvalue weighted by Gasteiger charge is 2.31. The molecule has 1 fully saturated rings. The Kier molecular flexibility index (Phi) is 6.30. The third-order valence-electron chi connectivity index (χ3n) is 4.91. The molecule has 1 aromatic heterocycles. The number of hydrogen-bond acceptors (Lipinski definition) is 4. The van der Waals surface area contributed by atoms with Crippen LogP contribution in [0.4, 0.5) is 17.6 Å². The average molecular weight is 436 g/mol. The van der Waals surface area contributed by atoms with Crippen molar-refractivity contribution in [1.29, 1.82) is 0 Å². The van der Waals surface area contributed by atoms with Crippen molar-refractivity contribution in [3.8, 4) is 0 Å². The van der Waals surface area contributed by atoms with E-state index in [0.29, 0.717) is 36.7 Å². The number of halogens is 4. The molecular weight excluding hydrogens is 416 g/mol. The fourth-order valence-corrected chi connectivity index (χ4v) is 5.21. The molecule has 1 unspecified atom stereocenters. The van der Waals surface area contributed by atoms with Gasteiger partial charge < -0.3 is 10.0 Å². The van der Waals surface area contributed by atoms with Crippen LogP contribution in [-0.2, 0) is 16.1 Å². The van der Waals surface area contributed by atoms with E-state index in [1.165, 1.54) is 4.90 Å². The smallest absolute Gasteiger partial charge is 0.354 e. The monoisotopic (exact) mass is 436 g/mol. The second-order valence-electron chi connectivity index (χ2n) is 6.81. The lowest BCUT2D eigenvalue weighted by Gasteiger charge is -2.33. The normalized spacial score (nSPS) is 21.6. The summed E-state index contributed by atoms with van der Waals surface area (Å²) in [6, 6.07) is 0.615. The quantitative estimate of drug-likeness (QED) is 0.530. The highest BCUT2D eigenvalue weighted by atomic mass is 32.2. The molecule has 3 rings (SSSR count). The van der Waals surface area contributed by atoms with E-state index in [1.807, 2.05) is 6.26 Å². The van der Waals surface area contributed by atoms with Crippen LogP contribution in [0.3, 0.4) is 0 Å². The van der Waals surface area contributed by atoms with Crippen molar-refractivity contribution >= 4 is 27.8 Å². The highest BCUT2D eigenvalue weighted by Crippen LogP contribution is 2.40. The van der Waals surface area contributed by atoms with Gasteiger partial charge in [-0.05, 0) is 30.6 Å². The third-order valence-corrected chi connectivity index (χ3v) is 6.73. The van der Waals surface area contributed by atoms with Gasteiger partial charge in [0.15, 0.2) is 5.70 Å². The summed E-state index contributed by atoms with van der Waals surface area (Å²) < 4.78 is 52.2. The first kappa shape index (κ1) is 21.3. The number of nitrogens with zero attached hydrogens (tertiary/aromatic N) is 4. The number of piperidine rings is 1. The number of aliphatic carboxylic acids is 1. The molecule has 2 aliphatic rings. The average Bonchev–Trinajstić information content (AvgIpc) is 3.26. The van der Waals surface area contributed by atoms with Crippen LogP contribution in [0.1, 0.15) is 37.1 Å². The van der Waals surface area contributed by atoms with Crippen LogP contribution in [0.25, 0.3) is 0 Å². The van der Waals surface area contributed by atoms with Gasteiger partial charge in [0.05, 0.1) is 5.04 Å². The van der Waals surface area contributed by atoms with E-state index in [0.717, 1.165) is 5.04 Å². The molecule has 0 saturated carbocycles. The molecular formula is C17H20F4N4O3S. The van der Waals surface area contributed by atoms with Gasteiger partial charge in [0.1, 0.15) is 17.9 Å². The molecule has 0 spiro atoms. The van der Waals surface area contributed by atoms with Crippen LogP contribution in [0.2, 0.25) is 0 Å². The number of carbonyl (C=O) groups excluding carboxylic acids is 1. The van der Waals surface area contributed by atoms with E-state index in [9.17, 15) is 27.2 Å². The molecule has 1 N–H and O–H groups in total. The Bertz CT molecular complexity index is 863. The summed E-state index contributed by atoms with van der Waals surface area (Å²) >= 11 is 0. The van der Waals surface area contributed by atoms with Gasteiger partial charge in [0.25, 0.3) is 12.9 Å². The van der Waals surface area contributed by atoms with Gasteiger partial charge in [-0.1, -0.05) is 0 Å². The van der Waals surface area contributed by atoms with E-state index in [4.69, 9.17) is 5.11 Å². The van der Waals surface area contributed by atoms with E-state index in [1.54, 1.807) is 5.41 Å². The summed E-state index contributed by atoms with van der Waals surface area (Å²) in [4.78, 5) is 29.3. The van der Waals surface area contributed by atoms with Crippen molar-refractivity contribution in [2.24, 2.45) is 10.9 Å². The molecule has 1 saturated heterocycles. The number of alkyl halides is 4. The second-order valence-corrected chi connectivity index (χ2v) is 8.75. The minimum atomic E-state index is -3.02. The first-order chi connectivity index (χ1) is 13.7. The summed E-state index contributed by atoms with van der Waals surface area (Å²) in [6.07, 6.45) is -2.96. The van der Waals surface area contributed by atoms with Crippen molar-refractivity contribution in [2.45, 2.75) is 32.2 Å². The Morgan fingerprint density at radius 1 is 1.24 bits per heavy atom. The lowest BCUT2D eigenvalue weighted by Crippen LogP contribution is -2.41. The first-order valence-electron chi connectivity index (χ1n) is 8.85. The standard InChI is InChI=1S/C17H20F4N4O3S/c1-29-8-11(17(27)28)22-16(29)9-2-4-24(5-3-9)13(26)7-25-12(15(20)21)6-10(23-25)14(18)19/h6,8-9,14-15,29H,2-5,7H2,1H3,(H,27,28). The number of thiol groups is 1. The molecule has 160 valence electrons. The van der Waals surface area contributed by atoms with Gasteiger partial charge in [-0.3, -0.25) is 9.48 Å². The Morgan fingerprint density at radius 2 is 1.90 bits per heavy atom. The van der Waals surface area contributed by atoms with E-state index in [2.05, 4.69) is 10.1 Å². The molecule has 29 heavy (non-hydrogen) atoms. The van der Waals surface area contributed by atoms with E-state index < -0.39 is 53.6 Å². The predicted octanol–water partition coefficient (Wildman–Crippen LogP) is 2.97. The van der Waals surface area contributed by atoms with Crippen LogP contribution in [0.5, 0.6) is 0 Å². The summed E-state index contributed by atoms with van der Waals surface area (Å²) in [7, 11) is -0.772. The molecule has 0 radical (unpaired) electrons. The SMILES string of the molecule is C[SH]1C=C(C(=O)O)N=C1C1CCN(C(=O)Cn2nc(C(F)F)cc2C(F)F)CC1. The fraction of sp³-hybridized carbons (Fsp3) is 0.529. The maximum absolute atomic E-state index is 13.1. The van der Waals surface area contributed by atoms with Crippen molar-refractivity contribution in [3.05, 3.63) is 28.6 Å². The van der Waals surface area contributed by atoms with Gasteiger partial charge >= 0.3 is 5.97 Å².